The normalized spacial score (nSPS) is 30.2. The SMILES string of the molecule is CC(=O)CCSC1CC(=O)N(CCOCCOCCOC[C@@]23CO[C@@H](O2)[C@@H](NC(=O)C(F)(F)F)[C@@H](O)[C@H]3O)C1=O. The van der Waals surface area contributed by atoms with Gasteiger partial charge in [-0.2, -0.15) is 13.2 Å². The van der Waals surface area contributed by atoms with Crippen molar-refractivity contribution in [2.45, 2.75) is 61.3 Å². The van der Waals surface area contributed by atoms with Crippen LogP contribution in [0.5, 0.6) is 0 Å². The predicted octanol–water partition coefficient (Wildman–Crippen LogP) is -1.23. The lowest BCUT2D eigenvalue weighted by Crippen LogP contribution is -2.67. The number of ketones is 1. The number of hydrogen-bond donors (Lipinski definition) is 3. The van der Waals surface area contributed by atoms with Gasteiger partial charge in [-0.3, -0.25) is 24.1 Å². The predicted molar refractivity (Wildman–Crippen MR) is 129 cm³/mol. The van der Waals surface area contributed by atoms with Gasteiger partial charge in [-0.1, -0.05) is 0 Å². The number of aliphatic hydroxyl groups excluding tert-OH is 2. The molecular formula is C23H33F3N2O11S. The van der Waals surface area contributed by atoms with Crippen LogP contribution in [0.25, 0.3) is 0 Å². The Balaban J connectivity index is 1.25. The Labute approximate surface area is 231 Å². The van der Waals surface area contributed by atoms with Crippen LogP contribution >= 0.6 is 11.8 Å². The number of imide groups is 1. The van der Waals surface area contributed by atoms with Crippen LogP contribution in [0.4, 0.5) is 13.2 Å². The van der Waals surface area contributed by atoms with Crippen LogP contribution in [0, 0.1) is 0 Å². The summed E-state index contributed by atoms with van der Waals surface area (Å²) >= 11 is 1.30. The third-order valence-electron chi connectivity index (χ3n) is 6.45. The number of likely N-dealkylation sites (tertiary alicyclic amines) is 1. The van der Waals surface area contributed by atoms with E-state index in [1.165, 1.54) is 18.7 Å². The molecule has 3 aliphatic rings. The van der Waals surface area contributed by atoms with Crippen LogP contribution in [0.15, 0.2) is 0 Å². The summed E-state index contributed by atoms with van der Waals surface area (Å²) in [5.74, 6) is -2.34. The van der Waals surface area contributed by atoms with Crippen LogP contribution in [-0.2, 0) is 42.9 Å². The van der Waals surface area contributed by atoms with Gasteiger partial charge < -0.3 is 39.2 Å². The molecule has 0 aromatic carbocycles. The molecule has 0 saturated carbocycles. The highest BCUT2D eigenvalue weighted by atomic mass is 32.2. The highest BCUT2D eigenvalue weighted by Gasteiger charge is 2.60. The molecule has 6 atom stereocenters. The summed E-state index contributed by atoms with van der Waals surface area (Å²) in [5.41, 5.74) is -1.53. The van der Waals surface area contributed by atoms with Crippen molar-refractivity contribution in [3.63, 3.8) is 0 Å². The van der Waals surface area contributed by atoms with E-state index in [1.54, 1.807) is 5.32 Å². The molecule has 3 N–H and O–H groups in total. The lowest BCUT2D eigenvalue weighted by Gasteiger charge is -2.42. The Morgan fingerprint density at radius 2 is 1.77 bits per heavy atom. The number of aliphatic hydroxyl groups is 2. The summed E-state index contributed by atoms with van der Waals surface area (Å²) < 4.78 is 64.6. The van der Waals surface area contributed by atoms with E-state index in [0.29, 0.717) is 12.2 Å². The van der Waals surface area contributed by atoms with Crippen molar-refractivity contribution < 1.29 is 66.2 Å². The van der Waals surface area contributed by atoms with E-state index in [0.717, 1.165) is 4.90 Å². The van der Waals surface area contributed by atoms with Crippen LogP contribution in [-0.4, -0.2) is 139 Å². The zero-order valence-electron chi connectivity index (χ0n) is 21.7. The lowest BCUT2D eigenvalue weighted by molar-refractivity contribution is -0.240. The van der Waals surface area contributed by atoms with Crippen molar-refractivity contribution in [3.8, 4) is 0 Å². The van der Waals surface area contributed by atoms with Crippen molar-refractivity contribution in [1.82, 2.24) is 10.2 Å². The van der Waals surface area contributed by atoms with Crippen LogP contribution < -0.4 is 5.32 Å². The number of amides is 3. The maximum atomic E-state index is 12.5. The molecule has 13 nitrogen and oxygen atoms in total. The van der Waals surface area contributed by atoms with E-state index in [4.69, 9.17) is 23.7 Å². The largest absolute Gasteiger partial charge is 0.471 e. The molecule has 2 bridgehead atoms. The third-order valence-corrected chi connectivity index (χ3v) is 7.66. The molecule has 3 amide bonds. The second-order valence-electron chi connectivity index (χ2n) is 9.47. The molecule has 3 aliphatic heterocycles. The molecule has 17 heteroatoms. The average Bonchev–Trinajstić information content (AvgIpc) is 3.40. The number of rotatable bonds is 16. The van der Waals surface area contributed by atoms with Crippen LogP contribution in [0.1, 0.15) is 19.8 Å². The molecule has 3 heterocycles. The second kappa shape index (κ2) is 14.4. The van der Waals surface area contributed by atoms with Crippen LogP contribution in [0.3, 0.4) is 0 Å². The first kappa shape index (κ1) is 32.7. The van der Waals surface area contributed by atoms with E-state index in [9.17, 15) is 42.6 Å². The number of carbonyl (C=O) groups is 4. The monoisotopic (exact) mass is 602 g/mol. The fourth-order valence-electron chi connectivity index (χ4n) is 4.27. The van der Waals surface area contributed by atoms with Gasteiger partial charge in [-0.25, -0.2) is 0 Å². The van der Waals surface area contributed by atoms with E-state index in [1.807, 2.05) is 0 Å². The van der Waals surface area contributed by atoms with Crippen molar-refractivity contribution in [2.24, 2.45) is 0 Å². The molecule has 3 fully saturated rings. The smallest absolute Gasteiger partial charge is 0.388 e. The van der Waals surface area contributed by atoms with E-state index in [2.05, 4.69) is 0 Å². The summed E-state index contributed by atoms with van der Waals surface area (Å²) in [6.45, 7) is 1.73. The lowest BCUT2D eigenvalue weighted by atomic mass is 9.88. The second-order valence-corrected chi connectivity index (χ2v) is 10.8. The minimum Gasteiger partial charge on any atom is -0.388 e. The zero-order chi connectivity index (χ0) is 29.5. The number of halogens is 3. The summed E-state index contributed by atoms with van der Waals surface area (Å²) in [7, 11) is 0. The number of carbonyl (C=O) groups excluding carboxylic acids is 4. The maximum absolute atomic E-state index is 12.5. The number of nitrogens with one attached hydrogen (secondary N) is 1. The Bertz CT molecular complexity index is 927. The van der Waals surface area contributed by atoms with E-state index < -0.39 is 47.5 Å². The first-order chi connectivity index (χ1) is 18.9. The van der Waals surface area contributed by atoms with Gasteiger partial charge in [-0.15, -0.1) is 11.8 Å². The van der Waals surface area contributed by atoms with Crippen molar-refractivity contribution in [3.05, 3.63) is 0 Å². The molecule has 0 spiro atoms. The van der Waals surface area contributed by atoms with E-state index >= 15 is 0 Å². The summed E-state index contributed by atoms with van der Waals surface area (Å²) in [4.78, 5) is 47.8. The standard InChI is InChI=1S/C23H33F3N2O11S/c1-13(29)2-9-40-14-10-15(30)28(19(14)33)3-4-35-5-6-36-7-8-37-11-22-12-38-20(39-22)16(17(31)18(22)32)27-21(34)23(24,25)26/h14,16-18,20,31-32H,2-12H2,1H3,(H,27,34)/t14?,16-,17+,18+,20-,22-/m0/s1. The Kier molecular flexibility index (Phi) is 11.7. The van der Waals surface area contributed by atoms with Gasteiger partial charge in [0, 0.05) is 18.6 Å². The number of nitrogens with zero attached hydrogens (tertiary/aromatic N) is 1. The summed E-state index contributed by atoms with van der Waals surface area (Å²) in [5, 5.41) is 21.8. The molecule has 0 aliphatic carbocycles. The number of fused-ring (bicyclic) bond motifs is 2. The van der Waals surface area contributed by atoms with Gasteiger partial charge in [-0.05, 0) is 6.92 Å². The van der Waals surface area contributed by atoms with Gasteiger partial charge in [0.2, 0.25) is 11.8 Å². The average molecular weight is 603 g/mol. The van der Waals surface area contributed by atoms with Gasteiger partial charge in [0.15, 0.2) is 6.29 Å². The van der Waals surface area contributed by atoms with Crippen molar-refractivity contribution >= 4 is 35.3 Å². The molecule has 3 saturated heterocycles. The Morgan fingerprint density at radius 1 is 1.12 bits per heavy atom. The molecular weight excluding hydrogens is 569 g/mol. The zero-order valence-corrected chi connectivity index (χ0v) is 22.5. The van der Waals surface area contributed by atoms with E-state index in [-0.39, 0.29) is 76.8 Å². The highest BCUT2D eigenvalue weighted by Crippen LogP contribution is 2.37. The molecule has 0 radical (unpaired) electrons. The van der Waals surface area contributed by atoms with Gasteiger partial charge in [0.1, 0.15) is 29.6 Å². The molecule has 3 rings (SSSR count). The first-order valence-corrected chi connectivity index (χ1v) is 13.6. The Morgan fingerprint density at radius 3 is 2.42 bits per heavy atom. The number of Topliss-reactive ketones (excluding diaryl/α,β-unsaturated/α-hetero) is 1. The topological polar surface area (TPSA) is 170 Å². The number of hydrogen-bond acceptors (Lipinski definition) is 12. The third kappa shape index (κ3) is 8.34. The highest BCUT2D eigenvalue weighted by molar-refractivity contribution is 8.00. The molecule has 228 valence electrons. The summed E-state index contributed by atoms with van der Waals surface area (Å²) in [6.07, 6.45) is -9.60. The fourth-order valence-corrected chi connectivity index (χ4v) is 5.49. The number of alkyl halides is 3. The maximum Gasteiger partial charge on any atom is 0.471 e. The quantitative estimate of drug-likeness (QED) is 0.142. The van der Waals surface area contributed by atoms with Crippen molar-refractivity contribution in [2.75, 3.05) is 58.5 Å². The minimum atomic E-state index is -5.18. The number of ether oxygens (including phenoxy) is 5. The molecule has 0 aromatic heterocycles. The van der Waals surface area contributed by atoms with Crippen molar-refractivity contribution in [1.29, 1.82) is 0 Å². The summed E-state index contributed by atoms with van der Waals surface area (Å²) in [6, 6.07) is -1.62. The van der Waals surface area contributed by atoms with Crippen LogP contribution in [0.2, 0.25) is 0 Å². The fraction of sp³-hybridized carbons (Fsp3) is 0.826. The van der Waals surface area contributed by atoms with Gasteiger partial charge >= 0.3 is 12.1 Å². The Hall–Kier alpha value is -1.86. The molecule has 0 aromatic rings. The van der Waals surface area contributed by atoms with Gasteiger partial charge in [0.05, 0.1) is 58.0 Å². The molecule has 40 heavy (non-hydrogen) atoms. The molecule has 1 unspecified atom stereocenters. The first-order valence-electron chi connectivity index (χ1n) is 12.6. The number of thioether (sulfide) groups is 1. The van der Waals surface area contributed by atoms with Gasteiger partial charge in [0.25, 0.3) is 0 Å². The minimum absolute atomic E-state index is 0.0259.